The van der Waals surface area contributed by atoms with E-state index < -0.39 is 0 Å². The maximum Gasteiger partial charge on any atom is 0.0338 e. The summed E-state index contributed by atoms with van der Waals surface area (Å²) >= 11 is 0. The van der Waals surface area contributed by atoms with Gasteiger partial charge in [0.1, 0.15) is 0 Å². The summed E-state index contributed by atoms with van der Waals surface area (Å²) in [6.07, 6.45) is 0. The van der Waals surface area contributed by atoms with Gasteiger partial charge in [-0.05, 0) is 11.8 Å². The van der Waals surface area contributed by atoms with E-state index in [0.29, 0.717) is 0 Å². The van der Waals surface area contributed by atoms with Crippen molar-refractivity contribution in [3.63, 3.8) is 0 Å². The minimum absolute atomic E-state index is 0.877. The number of rotatable bonds is 0. The van der Waals surface area contributed by atoms with Crippen LogP contribution in [-0.4, -0.2) is 11.6 Å². The molecule has 34 valence electrons. The van der Waals surface area contributed by atoms with Crippen LogP contribution < -0.4 is 5.32 Å². The third kappa shape index (κ3) is 0.0374. The van der Waals surface area contributed by atoms with E-state index in [2.05, 4.69) is 5.32 Å². The van der Waals surface area contributed by atoms with Crippen LogP contribution in [0, 0.1) is 23.2 Å². The van der Waals surface area contributed by atoms with Gasteiger partial charge in [0.05, 0.1) is 0 Å². The molecular formula is C6H5N. The first-order valence-electron chi connectivity index (χ1n) is 3.23. The van der Waals surface area contributed by atoms with Gasteiger partial charge in [-0.25, -0.2) is 0 Å². The summed E-state index contributed by atoms with van der Waals surface area (Å²) in [6, 6.07) is 1.06. The molecule has 1 heterocycles. The SMILES string of the molecule is N1C2C3C4C15C2C345. The van der Waals surface area contributed by atoms with E-state index in [4.69, 9.17) is 0 Å². The maximum atomic E-state index is 3.63. The molecule has 1 saturated heterocycles. The predicted octanol–water partition coefficient (Wildman–Crippen LogP) is -0.414. The normalized spacial score (nSPS) is 120. The molecule has 4 aliphatic carbocycles. The highest BCUT2D eigenvalue weighted by molar-refractivity contribution is 5.79. The molecule has 1 N–H and O–H groups in total. The van der Waals surface area contributed by atoms with E-state index in [-0.39, 0.29) is 0 Å². The third-order valence-electron chi connectivity index (χ3n) is 4.51. The first kappa shape index (κ1) is 2.06. The number of piperidine rings is 3. The van der Waals surface area contributed by atoms with Crippen LogP contribution in [-0.2, 0) is 0 Å². The van der Waals surface area contributed by atoms with Crippen molar-refractivity contribution in [2.75, 3.05) is 0 Å². The van der Waals surface area contributed by atoms with E-state index in [1.165, 1.54) is 17.8 Å². The van der Waals surface area contributed by atoms with E-state index in [9.17, 15) is 0 Å². The van der Waals surface area contributed by atoms with Crippen LogP contribution in [0.15, 0.2) is 0 Å². The van der Waals surface area contributed by atoms with Crippen molar-refractivity contribution in [1.82, 2.24) is 5.32 Å². The highest BCUT2D eigenvalue weighted by atomic mass is 15.5. The standard InChI is InChI=1S/C6H5N/c7-2-1-3-5(1)4(2)6(3,5)7/h1-4,7H. The molecule has 0 aromatic heterocycles. The van der Waals surface area contributed by atoms with Crippen molar-refractivity contribution >= 4 is 0 Å². The summed E-state index contributed by atoms with van der Waals surface area (Å²) in [5.74, 6) is 3.72. The van der Waals surface area contributed by atoms with Crippen molar-refractivity contribution in [3.8, 4) is 0 Å². The van der Waals surface area contributed by atoms with Gasteiger partial charge in [0, 0.05) is 22.9 Å². The molecule has 0 aromatic rings. The van der Waals surface area contributed by atoms with E-state index in [0.717, 1.165) is 17.0 Å². The number of hydrogen-bond acceptors (Lipinski definition) is 1. The molecule has 7 heavy (non-hydrogen) atoms. The highest BCUT2D eigenvalue weighted by Gasteiger charge is 3.27. The van der Waals surface area contributed by atoms with E-state index >= 15 is 0 Å². The Morgan fingerprint density at radius 1 is 1.29 bits per heavy atom. The third-order valence-corrected chi connectivity index (χ3v) is 4.51. The molecule has 4 saturated carbocycles. The molecule has 6 unspecified atom stereocenters. The molecule has 0 bridgehead atoms. The Bertz CT molecular complexity index is 193. The second-order valence-corrected chi connectivity index (χ2v) is 3.95. The minimum atomic E-state index is 0.877. The summed E-state index contributed by atoms with van der Waals surface area (Å²) < 4.78 is 0. The largest absolute Gasteiger partial charge is 0.307 e. The molecule has 5 aliphatic rings. The molecule has 5 fully saturated rings. The van der Waals surface area contributed by atoms with Crippen molar-refractivity contribution in [1.29, 1.82) is 0 Å². The zero-order valence-electron chi connectivity index (χ0n) is 3.81. The zero-order valence-corrected chi connectivity index (χ0v) is 3.81. The minimum Gasteiger partial charge on any atom is -0.307 e. The molecule has 0 radical (unpaired) electrons. The fourth-order valence-corrected chi connectivity index (χ4v) is 4.38. The molecular weight excluding hydrogens is 86.1 g/mol. The lowest BCUT2D eigenvalue weighted by molar-refractivity contribution is 0.259. The van der Waals surface area contributed by atoms with Crippen LogP contribution in [0.25, 0.3) is 0 Å². The predicted molar refractivity (Wildman–Crippen MR) is 22.6 cm³/mol. The Labute approximate surface area is 41.1 Å². The molecule has 1 nitrogen and oxygen atoms in total. The van der Waals surface area contributed by atoms with Gasteiger partial charge in [-0.1, -0.05) is 0 Å². The second kappa shape index (κ2) is 0.235. The summed E-state index contributed by atoms with van der Waals surface area (Å²) in [5.41, 5.74) is 1.92. The van der Waals surface area contributed by atoms with Crippen LogP contribution in [0.5, 0.6) is 0 Å². The number of fused-ring (bicyclic) bond motifs is 2. The first-order valence-corrected chi connectivity index (χ1v) is 3.23. The summed E-state index contributed by atoms with van der Waals surface area (Å²) in [6.45, 7) is 0. The Morgan fingerprint density at radius 3 is 2.43 bits per heavy atom. The van der Waals surface area contributed by atoms with Gasteiger partial charge in [0.15, 0.2) is 0 Å². The molecule has 2 spiro atoms. The summed E-state index contributed by atoms with van der Waals surface area (Å²) in [4.78, 5) is 0. The molecule has 0 aromatic carbocycles. The quantitative estimate of drug-likeness (QED) is 0.427. The van der Waals surface area contributed by atoms with Crippen LogP contribution >= 0.6 is 0 Å². The molecule has 1 aliphatic heterocycles. The molecule has 5 rings (SSSR count). The maximum absolute atomic E-state index is 3.63. The Kier molecular flexibility index (Phi) is 0.0692. The lowest BCUT2D eigenvalue weighted by Gasteiger charge is -2.29. The van der Waals surface area contributed by atoms with Crippen molar-refractivity contribution < 1.29 is 0 Å². The average Bonchev–Trinajstić information content (AvgIpc) is 2.37. The van der Waals surface area contributed by atoms with Gasteiger partial charge < -0.3 is 5.32 Å². The van der Waals surface area contributed by atoms with E-state index in [1.807, 2.05) is 0 Å². The Morgan fingerprint density at radius 2 is 2.29 bits per heavy atom. The van der Waals surface area contributed by atoms with Crippen molar-refractivity contribution in [2.24, 2.45) is 23.2 Å². The van der Waals surface area contributed by atoms with Crippen LogP contribution in [0.3, 0.4) is 0 Å². The molecule has 1 heteroatoms. The lowest BCUT2D eigenvalue weighted by Crippen LogP contribution is -2.48. The van der Waals surface area contributed by atoms with E-state index in [1.54, 1.807) is 0 Å². The Hall–Kier alpha value is -0.0400. The summed E-state index contributed by atoms with van der Waals surface area (Å²) in [7, 11) is 0. The lowest BCUT2D eigenvalue weighted by atomic mass is 9.92. The summed E-state index contributed by atoms with van der Waals surface area (Å²) in [5, 5.41) is 3.63. The van der Waals surface area contributed by atoms with Gasteiger partial charge in [0.2, 0.25) is 0 Å². The van der Waals surface area contributed by atoms with Gasteiger partial charge in [-0.15, -0.1) is 0 Å². The monoisotopic (exact) mass is 91.0 g/mol. The smallest absolute Gasteiger partial charge is 0.0338 e. The number of nitrogens with one attached hydrogen (secondary N) is 1. The fraction of sp³-hybridized carbons (Fsp3) is 1.00. The van der Waals surface area contributed by atoms with Gasteiger partial charge in [-0.2, -0.15) is 0 Å². The van der Waals surface area contributed by atoms with Crippen molar-refractivity contribution in [2.45, 2.75) is 11.6 Å². The average molecular weight is 91.1 g/mol. The van der Waals surface area contributed by atoms with Crippen molar-refractivity contribution in [3.05, 3.63) is 0 Å². The topological polar surface area (TPSA) is 12.0 Å². The first-order chi connectivity index (χ1) is 3.46. The molecule has 6 atom stereocenters. The Balaban J connectivity index is 2.32. The van der Waals surface area contributed by atoms with Crippen LogP contribution in [0.2, 0.25) is 0 Å². The van der Waals surface area contributed by atoms with Gasteiger partial charge >= 0.3 is 0 Å². The zero-order chi connectivity index (χ0) is 4.02. The number of hydrogen-bond donors (Lipinski definition) is 1. The van der Waals surface area contributed by atoms with Gasteiger partial charge in [-0.3, -0.25) is 0 Å². The van der Waals surface area contributed by atoms with Crippen LogP contribution in [0.1, 0.15) is 0 Å². The highest BCUT2D eigenvalue weighted by Crippen LogP contribution is 3.19. The van der Waals surface area contributed by atoms with Gasteiger partial charge in [0.25, 0.3) is 0 Å². The van der Waals surface area contributed by atoms with Crippen LogP contribution in [0.4, 0.5) is 0 Å². The molecule has 0 amide bonds. The fourth-order valence-electron chi connectivity index (χ4n) is 4.38. The second-order valence-electron chi connectivity index (χ2n) is 3.95.